The molecule has 1 N–H and O–H groups in total. The van der Waals surface area contributed by atoms with E-state index in [1.54, 1.807) is 12.4 Å². The molecule has 1 aromatic carbocycles. The molecule has 2 unspecified atom stereocenters. The van der Waals surface area contributed by atoms with Crippen LogP contribution in [0.15, 0.2) is 36.7 Å². The van der Waals surface area contributed by atoms with Gasteiger partial charge in [-0.2, -0.15) is 15.0 Å². The number of para-hydroxylation sites is 1. The van der Waals surface area contributed by atoms with Crippen LogP contribution in [0.3, 0.4) is 0 Å². The number of likely N-dealkylation sites (tertiary alicyclic amines) is 1. The van der Waals surface area contributed by atoms with Crippen molar-refractivity contribution >= 4 is 5.91 Å². The highest BCUT2D eigenvalue weighted by Gasteiger charge is 2.39. The lowest BCUT2D eigenvalue weighted by molar-refractivity contribution is 0.0702. The predicted molar refractivity (Wildman–Crippen MR) is 81.8 cm³/mol. The van der Waals surface area contributed by atoms with Crippen LogP contribution in [0.4, 0.5) is 0 Å². The summed E-state index contributed by atoms with van der Waals surface area (Å²) in [6.07, 6.45) is 5.52. The monoisotopic (exact) mass is 297 g/mol. The first-order valence-corrected chi connectivity index (χ1v) is 7.82. The Morgan fingerprint density at radius 1 is 1.18 bits per heavy atom. The fourth-order valence-corrected chi connectivity index (χ4v) is 3.64. The van der Waals surface area contributed by atoms with Gasteiger partial charge in [0, 0.05) is 19.1 Å². The number of benzene rings is 1. The van der Waals surface area contributed by atoms with Crippen molar-refractivity contribution in [2.45, 2.75) is 18.9 Å². The number of piperidine rings is 1. The van der Waals surface area contributed by atoms with Crippen molar-refractivity contribution < 1.29 is 4.79 Å². The Balaban J connectivity index is 1.66. The zero-order valence-corrected chi connectivity index (χ0v) is 12.4. The van der Waals surface area contributed by atoms with E-state index in [1.807, 2.05) is 29.2 Å². The molecule has 1 aromatic heterocycles. The topological polar surface area (TPSA) is 63.1 Å². The lowest BCUT2D eigenvalue weighted by atomic mass is 9.93. The fourth-order valence-electron chi connectivity index (χ4n) is 3.64. The van der Waals surface area contributed by atoms with Crippen molar-refractivity contribution in [3.63, 3.8) is 0 Å². The van der Waals surface area contributed by atoms with Crippen LogP contribution in [0.25, 0.3) is 5.69 Å². The minimum absolute atomic E-state index is 0.0871. The number of carbonyl (C=O) groups excluding carboxylic acids is 1. The number of hydrogen-bond acceptors (Lipinski definition) is 4. The van der Waals surface area contributed by atoms with E-state index < -0.39 is 0 Å². The van der Waals surface area contributed by atoms with E-state index in [9.17, 15) is 4.79 Å². The highest BCUT2D eigenvalue weighted by molar-refractivity contribution is 5.98. The van der Waals surface area contributed by atoms with Gasteiger partial charge in [0.25, 0.3) is 5.91 Å². The Hall–Kier alpha value is -2.21. The quantitative estimate of drug-likeness (QED) is 0.901. The van der Waals surface area contributed by atoms with Crippen LogP contribution in [-0.2, 0) is 0 Å². The molecule has 4 rings (SSSR count). The lowest BCUT2D eigenvalue weighted by Crippen LogP contribution is -2.48. The zero-order chi connectivity index (χ0) is 14.9. The van der Waals surface area contributed by atoms with Gasteiger partial charge in [0.2, 0.25) is 0 Å². The molecule has 1 amide bonds. The molecule has 22 heavy (non-hydrogen) atoms. The van der Waals surface area contributed by atoms with Gasteiger partial charge in [-0.15, -0.1) is 0 Å². The van der Waals surface area contributed by atoms with Gasteiger partial charge in [-0.1, -0.05) is 12.1 Å². The molecule has 3 heterocycles. The van der Waals surface area contributed by atoms with Gasteiger partial charge in [-0.05, 0) is 37.4 Å². The van der Waals surface area contributed by atoms with Crippen molar-refractivity contribution in [3.05, 3.63) is 42.2 Å². The van der Waals surface area contributed by atoms with Gasteiger partial charge >= 0.3 is 0 Å². The van der Waals surface area contributed by atoms with Crippen molar-refractivity contribution in [2.24, 2.45) is 5.92 Å². The normalized spacial score (nSPS) is 24.3. The Morgan fingerprint density at radius 2 is 2.00 bits per heavy atom. The summed E-state index contributed by atoms with van der Waals surface area (Å²) in [6, 6.07) is 7.88. The number of nitrogens with one attached hydrogen (secondary N) is 1. The molecular formula is C16H19N5O. The standard InChI is InChI=1S/C16H19N5O/c22-16(20-10-6-12-5-7-17-11-15(12)20)13-3-1-2-4-14(13)21-18-8-9-19-21/h1-4,8-9,12,15,17H,5-7,10-11H2. The molecule has 2 aliphatic rings. The summed E-state index contributed by atoms with van der Waals surface area (Å²) in [4.78, 5) is 16.6. The maximum Gasteiger partial charge on any atom is 0.256 e. The maximum atomic E-state index is 13.0. The molecule has 0 bridgehead atoms. The van der Waals surface area contributed by atoms with Gasteiger partial charge in [0.05, 0.1) is 23.6 Å². The molecule has 0 aliphatic carbocycles. The number of aromatic nitrogens is 3. The molecular weight excluding hydrogens is 278 g/mol. The first kappa shape index (κ1) is 13.5. The van der Waals surface area contributed by atoms with Crippen molar-refractivity contribution in [3.8, 4) is 5.69 Å². The van der Waals surface area contributed by atoms with Crippen LogP contribution in [0.2, 0.25) is 0 Å². The van der Waals surface area contributed by atoms with Crippen LogP contribution in [0.5, 0.6) is 0 Å². The average Bonchev–Trinajstić information content (AvgIpc) is 3.24. The molecule has 2 aromatic rings. The number of nitrogens with zero attached hydrogens (tertiary/aromatic N) is 4. The summed E-state index contributed by atoms with van der Waals surface area (Å²) < 4.78 is 0. The number of hydrogen-bond donors (Lipinski definition) is 1. The Kier molecular flexibility index (Phi) is 3.38. The Labute approximate surface area is 129 Å². The van der Waals surface area contributed by atoms with Crippen LogP contribution in [0, 0.1) is 5.92 Å². The Morgan fingerprint density at radius 3 is 2.86 bits per heavy atom. The number of fused-ring (bicyclic) bond motifs is 1. The van der Waals surface area contributed by atoms with Crippen molar-refractivity contribution in [1.29, 1.82) is 0 Å². The van der Waals surface area contributed by atoms with Crippen LogP contribution in [0.1, 0.15) is 23.2 Å². The second-order valence-corrected chi connectivity index (χ2v) is 5.94. The highest BCUT2D eigenvalue weighted by atomic mass is 16.2. The average molecular weight is 297 g/mol. The van der Waals surface area contributed by atoms with E-state index in [0.717, 1.165) is 38.2 Å². The van der Waals surface area contributed by atoms with Crippen LogP contribution >= 0.6 is 0 Å². The molecule has 6 nitrogen and oxygen atoms in total. The van der Waals surface area contributed by atoms with Gasteiger partial charge in [-0.25, -0.2) is 0 Å². The van der Waals surface area contributed by atoms with Gasteiger partial charge in [0.1, 0.15) is 0 Å². The second-order valence-electron chi connectivity index (χ2n) is 5.94. The smallest absolute Gasteiger partial charge is 0.256 e. The fraction of sp³-hybridized carbons (Fsp3) is 0.438. The lowest BCUT2D eigenvalue weighted by Gasteiger charge is -2.32. The Bertz CT molecular complexity index is 669. The molecule has 2 fully saturated rings. The SMILES string of the molecule is O=C(c1ccccc1-n1nccn1)N1CCC2CCNCC21. The molecule has 0 spiro atoms. The van der Waals surface area contributed by atoms with E-state index in [-0.39, 0.29) is 5.91 Å². The third-order valence-corrected chi connectivity index (χ3v) is 4.76. The first-order valence-electron chi connectivity index (χ1n) is 7.82. The van der Waals surface area contributed by atoms with Crippen LogP contribution in [-0.4, -0.2) is 51.5 Å². The summed E-state index contributed by atoms with van der Waals surface area (Å²) in [5.41, 5.74) is 1.41. The van der Waals surface area contributed by atoms with Gasteiger partial charge in [0.15, 0.2) is 0 Å². The third kappa shape index (κ3) is 2.20. The second kappa shape index (κ2) is 5.53. The first-order chi connectivity index (χ1) is 10.8. The molecule has 6 heteroatoms. The number of rotatable bonds is 2. The van der Waals surface area contributed by atoms with Gasteiger partial charge < -0.3 is 10.2 Å². The minimum atomic E-state index is 0.0871. The molecule has 0 saturated carbocycles. The van der Waals surface area contributed by atoms with Crippen LogP contribution < -0.4 is 5.32 Å². The molecule has 0 radical (unpaired) electrons. The minimum Gasteiger partial charge on any atom is -0.334 e. The predicted octanol–water partition coefficient (Wildman–Crippen LogP) is 1.09. The summed E-state index contributed by atoms with van der Waals surface area (Å²) in [7, 11) is 0. The molecule has 2 saturated heterocycles. The van der Waals surface area contributed by atoms with Crippen molar-refractivity contribution in [2.75, 3.05) is 19.6 Å². The molecule has 2 aliphatic heterocycles. The van der Waals surface area contributed by atoms with E-state index in [0.29, 0.717) is 17.5 Å². The third-order valence-electron chi connectivity index (χ3n) is 4.76. The summed E-state index contributed by atoms with van der Waals surface area (Å²) in [5, 5.41) is 11.7. The van der Waals surface area contributed by atoms with Crippen molar-refractivity contribution in [1.82, 2.24) is 25.2 Å². The van der Waals surface area contributed by atoms with E-state index >= 15 is 0 Å². The summed E-state index contributed by atoms with van der Waals surface area (Å²) in [5.74, 6) is 0.726. The molecule has 2 atom stereocenters. The highest BCUT2D eigenvalue weighted by Crippen LogP contribution is 2.30. The zero-order valence-electron chi connectivity index (χ0n) is 12.4. The van der Waals surface area contributed by atoms with Gasteiger partial charge in [-0.3, -0.25) is 4.79 Å². The number of amides is 1. The van der Waals surface area contributed by atoms with E-state index in [4.69, 9.17) is 0 Å². The number of carbonyl (C=O) groups is 1. The molecule has 114 valence electrons. The van der Waals surface area contributed by atoms with E-state index in [2.05, 4.69) is 15.5 Å². The largest absolute Gasteiger partial charge is 0.334 e. The summed E-state index contributed by atoms with van der Waals surface area (Å²) in [6.45, 7) is 2.81. The van der Waals surface area contributed by atoms with E-state index in [1.165, 1.54) is 4.80 Å². The maximum absolute atomic E-state index is 13.0. The summed E-state index contributed by atoms with van der Waals surface area (Å²) >= 11 is 0.